The van der Waals surface area contributed by atoms with E-state index in [1.807, 2.05) is 90.3 Å². The number of nitrogens with one attached hydrogen (secondary N) is 1. The zero-order valence-electron chi connectivity index (χ0n) is 20.2. The predicted octanol–water partition coefficient (Wildman–Crippen LogP) is 6.36. The molecule has 1 heterocycles. The molecule has 1 aromatic heterocycles. The molecule has 0 fully saturated rings. The van der Waals surface area contributed by atoms with Crippen LogP contribution in [0.15, 0.2) is 90.3 Å². The van der Waals surface area contributed by atoms with Crippen LogP contribution in [0, 0.1) is 0 Å². The fraction of sp³-hybridized carbons (Fsp3) is 0.167. The molecule has 6 heteroatoms. The molecule has 0 saturated carbocycles. The second kappa shape index (κ2) is 11.6. The highest BCUT2D eigenvalue weighted by molar-refractivity contribution is 7.12. The normalized spacial score (nSPS) is 11.5. The first-order valence-corrected chi connectivity index (χ1v) is 12.6. The second-order valence-electron chi connectivity index (χ2n) is 8.34. The van der Waals surface area contributed by atoms with Gasteiger partial charge in [0.25, 0.3) is 5.91 Å². The molecular formula is C30H27NO4S. The standard InChI is InChI=1S/C30H27NO4S/c1-3-35-30(34)27(25-7-5-4-6-8-25)18-31-29(33)28-17-26(19-36-28)24-15-13-23(14-16-24)22-11-9-21(10-12-22)20(2)32/h4-17,19,27H,3,18H2,1-2H3,(H,31,33)/t27-/m0/s1. The van der Waals surface area contributed by atoms with E-state index in [2.05, 4.69) is 5.32 Å². The van der Waals surface area contributed by atoms with Crippen molar-refractivity contribution >= 4 is 29.0 Å². The third-order valence-corrected chi connectivity index (χ3v) is 6.84. The number of rotatable bonds is 9. The molecule has 0 spiro atoms. The van der Waals surface area contributed by atoms with Crippen molar-refractivity contribution < 1.29 is 19.1 Å². The van der Waals surface area contributed by atoms with Gasteiger partial charge in [-0.05, 0) is 53.1 Å². The zero-order valence-corrected chi connectivity index (χ0v) is 21.0. The molecule has 0 saturated heterocycles. The summed E-state index contributed by atoms with van der Waals surface area (Å²) in [7, 11) is 0. The van der Waals surface area contributed by atoms with Crippen LogP contribution in [0.25, 0.3) is 22.3 Å². The minimum absolute atomic E-state index is 0.0469. The maximum absolute atomic E-state index is 12.8. The highest BCUT2D eigenvalue weighted by atomic mass is 32.1. The minimum Gasteiger partial charge on any atom is -0.465 e. The molecule has 5 nitrogen and oxygen atoms in total. The highest BCUT2D eigenvalue weighted by Gasteiger charge is 2.23. The lowest BCUT2D eigenvalue weighted by Gasteiger charge is -2.16. The Morgan fingerprint density at radius 3 is 2.00 bits per heavy atom. The summed E-state index contributed by atoms with van der Waals surface area (Å²) >= 11 is 1.36. The van der Waals surface area contributed by atoms with Gasteiger partial charge in [0.15, 0.2) is 5.78 Å². The SMILES string of the molecule is CCOC(=O)[C@@H](CNC(=O)c1cc(-c2ccc(-c3ccc(C(C)=O)cc3)cc2)cs1)c1ccccc1. The monoisotopic (exact) mass is 497 g/mol. The molecule has 0 unspecified atom stereocenters. The Bertz CT molecular complexity index is 1340. The Labute approximate surface area is 214 Å². The number of esters is 1. The van der Waals surface area contributed by atoms with Gasteiger partial charge in [0.1, 0.15) is 0 Å². The maximum atomic E-state index is 12.8. The van der Waals surface area contributed by atoms with Gasteiger partial charge < -0.3 is 10.1 Å². The van der Waals surface area contributed by atoms with Crippen molar-refractivity contribution in [2.24, 2.45) is 0 Å². The van der Waals surface area contributed by atoms with Crippen LogP contribution in [0.1, 0.15) is 45.4 Å². The number of amides is 1. The van der Waals surface area contributed by atoms with Gasteiger partial charge in [0.2, 0.25) is 0 Å². The van der Waals surface area contributed by atoms with Crippen LogP contribution in [-0.4, -0.2) is 30.8 Å². The van der Waals surface area contributed by atoms with Crippen LogP contribution in [0.2, 0.25) is 0 Å². The molecule has 0 aliphatic heterocycles. The molecule has 4 rings (SSSR count). The van der Waals surface area contributed by atoms with Crippen molar-refractivity contribution in [1.29, 1.82) is 0 Å². The molecule has 4 aromatic rings. The van der Waals surface area contributed by atoms with E-state index in [1.165, 1.54) is 11.3 Å². The lowest BCUT2D eigenvalue weighted by Crippen LogP contribution is -2.32. The van der Waals surface area contributed by atoms with Gasteiger partial charge in [0.05, 0.1) is 17.4 Å². The van der Waals surface area contributed by atoms with Crippen molar-refractivity contribution in [3.8, 4) is 22.3 Å². The molecule has 1 amide bonds. The predicted molar refractivity (Wildman–Crippen MR) is 143 cm³/mol. The number of carbonyl (C=O) groups is 3. The first-order valence-electron chi connectivity index (χ1n) is 11.8. The first-order chi connectivity index (χ1) is 17.5. The van der Waals surface area contributed by atoms with Crippen molar-refractivity contribution in [3.63, 3.8) is 0 Å². The topological polar surface area (TPSA) is 72.5 Å². The van der Waals surface area contributed by atoms with Crippen LogP contribution >= 0.6 is 11.3 Å². The number of ether oxygens (including phenoxy) is 1. The minimum atomic E-state index is -0.563. The smallest absolute Gasteiger partial charge is 0.315 e. The summed E-state index contributed by atoms with van der Waals surface area (Å²) in [5.74, 6) is -1.09. The summed E-state index contributed by atoms with van der Waals surface area (Å²) in [6, 6.07) is 26.8. The summed E-state index contributed by atoms with van der Waals surface area (Å²) in [6.07, 6.45) is 0. The fourth-order valence-electron chi connectivity index (χ4n) is 3.91. The summed E-state index contributed by atoms with van der Waals surface area (Å²) < 4.78 is 5.21. The van der Waals surface area contributed by atoms with Crippen LogP contribution in [0.4, 0.5) is 0 Å². The molecule has 1 atom stereocenters. The van der Waals surface area contributed by atoms with Gasteiger partial charge in [-0.1, -0.05) is 78.9 Å². The van der Waals surface area contributed by atoms with E-state index in [1.54, 1.807) is 13.8 Å². The lowest BCUT2D eigenvalue weighted by atomic mass is 9.99. The number of thiophene rings is 1. The molecule has 0 radical (unpaired) electrons. The summed E-state index contributed by atoms with van der Waals surface area (Å²) in [6.45, 7) is 3.77. The van der Waals surface area contributed by atoms with E-state index in [0.29, 0.717) is 10.4 Å². The Morgan fingerprint density at radius 1 is 0.833 bits per heavy atom. The number of Topliss-reactive ketones (excluding diaryl/α,β-unsaturated/α-hetero) is 1. The Hall–Kier alpha value is -4.03. The van der Waals surface area contributed by atoms with Crippen LogP contribution in [0.3, 0.4) is 0 Å². The van der Waals surface area contributed by atoms with Crippen molar-refractivity contribution in [1.82, 2.24) is 5.32 Å². The van der Waals surface area contributed by atoms with Crippen LogP contribution in [0.5, 0.6) is 0 Å². The quantitative estimate of drug-likeness (QED) is 0.216. The average Bonchev–Trinajstić information content (AvgIpc) is 3.40. The maximum Gasteiger partial charge on any atom is 0.315 e. The van der Waals surface area contributed by atoms with Crippen molar-refractivity contribution in [3.05, 3.63) is 106 Å². The molecule has 36 heavy (non-hydrogen) atoms. The van der Waals surface area contributed by atoms with E-state index < -0.39 is 5.92 Å². The highest BCUT2D eigenvalue weighted by Crippen LogP contribution is 2.29. The number of ketones is 1. The Balaban J connectivity index is 1.43. The van der Waals surface area contributed by atoms with Gasteiger partial charge in [-0.25, -0.2) is 0 Å². The van der Waals surface area contributed by atoms with E-state index in [-0.39, 0.29) is 30.8 Å². The Kier molecular flexibility index (Phi) is 8.08. The van der Waals surface area contributed by atoms with E-state index in [4.69, 9.17) is 4.74 Å². The summed E-state index contributed by atoms with van der Waals surface area (Å²) in [4.78, 5) is 37.4. The van der Waals surface area contributed by atoms with Crippen LogP contribution < -0.4 is 5.32 Å². The zero-order chi connectivity index (χ0) is 25.5. The summed E-state index contributed by atoms with van der Waals surface area (Å²) in [5, 5.41) is 4.84. The van der Waals surface area contributed by atoms with E-state index in [0.717, 1.165) is 27.8 Å². The average molecular weight is 498 g/mol. The molecule has 0 aliphatic carbocycles. The third kappa shape index (κ3) is 5.96. The van der Waals surface area contributed by atoms with Gasteiger partial charge in [-0.3, -0.25) is 14.4 Å². The van der Waals surface area contributed by atoms with Gasteiger partial charge in [-0.2, -0.15) is 0 Å². The van der Waals surface area contributed by atoms with Crippen LogP contribution in [-0.2, 0) is 9.53 Å². The summed E-state index contributed by atoms with van der Waals surface area (Å²) in [5.41, 5.74) is 5.53. The second-order valence-corrected chi connectivity index (χ2v) is 9.25. The third-order valence-electron chi connectivity index (χ3n) is 5.91. The molecule has 0 aliphatic rings. The van der Waals surface area contributed by atoms with Crippen molar-refractivity contribution in [2.75, 3.05) is 13.2 Å². The molecular weight excluding hydrogens is 470 g/mol. The number of carbonyl (C=O) groups excluding carboxylic acids is 3. The molecule has 182 valence electrons. The first kappa shape index (κ1) is 25.1. The van der Waals surface area contributed by atoms with E-state index in [9.17, 15) is 14.4 Å². The molecule has 0 bridgehead atoms. The Morgan fingerprint density at radius 2 is 1.42 bits per heavy atom. The number of benzene rings is 3. The number of hydrogen-bond donors (Lipinski definition) is 1. The largest absolute Gasteiger partial charge is 0.465 e. The van der Waals surface area contributed by atoms with Gasteiger partial charge in [-0.15, -0.1) is 11.3 Å². The molecule has 3 aromatic carbocycles. The van der Waals surface area contributed by atoms with Gasteiger partial charge >= 0.3 is 5.97 Å². The van der Waals surface area contributed by atoms with Gasteiger partial charge in [0, 0.05) is 12.1 Å². The number of hydrogen-bond acceptors (Lipinski definition) is 5. The molecule has 1 N–H and O–H groups in total. The van der Waals surface area contributed by atoms with Crippen molar-refractivity contribution in [2.45, 2.75) is 19.8 Å². The lowest BCUT2D eigenvalue weighted by molar-refractivity contribution is -0.144. The van der Waals surface area contributed by atoms with E-state index >= 15 is 0 Å². The fourth-order valence-corrected chi connectivity index (χ4v) is 4.74.